The molecule has 0 aromatic rings. The Morgan fingerprint density at radius 1 is 1.73 bits per heavy atom. The molecular weight excluding hydrogens is 208 g/mol. The van der Waals surface area contributed by atoms with Gasteiger partial charge in [-0.25, -0.2) is 0 Å². The van der Waals surface area contributed by atoms with Gasteiger partial charge in [0.25, 0.3) is 0 Å². The van der Waals surface area contributed by atoms with E-state index in [0.29, 0.717) is 6.54 Å². The molecule has 1 aliphatic rings. The van der Waals surface area contributed by atoms with Crippen LogP contribution in [0.15, 0.2) is 0 Å². The number of nitrogens with one attached hydrogen (secondary N) is 1. The molecule has 0 aromatic heterocycles. The van der Waals surface area contributed by atoms with Crippen molar-refractivity contribution in [3.05, 3.63) is 0 Å². The van der Waals surface area contributed by atoms with Crippen LogP contribution in [0.3, 0.4) is 0 Å². The molecule has 1 rings (SSSR count). The minimum absolute atomic E-state index is 0.0383. The second kappa shape index (κ2) is 6.76. The van der Waals surface area contributed by atoms with Gasteiger partial charge >= 0.3 is 0 Å². The van der Waals surface area contributed by atoms with E-state index in [1.54, 1.807) is 4.90 Å². The molecule has 0 spiro atoms. The second-order valence-corrected chi connectivity index (χ2v) is 4.70. The molecule has 0 saturated carbocycles. The number of hydrogen-bond acceptors (Lipinski definition) is 3. The number of hydrogen-bond donors (Lipinski definition) is 1. The van der Waals surface area contributed by atoms with E-state index >= 15 is 0 Å². The number of nitrogens with zero attached hydrogens (tertiary/aromatic N) is 1. The Morgan fingerprint density at radius 3 is 3.07 bits per heavy atom. The Balaban J connectivity index is 2.50. The Labute approximate surface area is 96.0 Å². The molecule has 1 fully saturated rings. The van der Waals surface area contributed by atoms with Crippen LogP contribution in [-0.2, 0) is 4.79 Å². The average molecular weight is 226 g/mol. The average Bonchev–Trinajstić information content (AvgIpc) is 2.29. The van der Waals surface area contributed by atoms with Gasteiger partial charge in [-0.2, -0.15) is 11.8 Å². The first-order valence-corrected chi connectivity index (χ1v) is 6.48. The van der Waals surface area contributed by atoms with Gasteiger partial charge in [-0.1, -0.05) is 12.8 Å². The molecule has 0 bridgehead atoms. The summed E-state index contributed by atoms with van der Waals surface area (Å²) in [5, 5.41) is 3.24. The smallest absolute Gasteiger partial charge is 0.241 e. The Kier molecular flexibility index (Phi) is 5.59. The zero-order valence-corrected chi connectivity index (χ0v) is 9.98. The molecule has 0 aliphatic carbocycles. The van der Waals surface area contributed by atoms with Crippen molar-refractivity contribution in [2.24, 2.45) is 0 Å². The summed E-state index contributed by atoms with van der Waals surface area (Å²) in [6.45, 7) is 4.15. The highest BCUT2D eigenvalue weighted by molar-refractivity contribution is 7.99. The molecule has 1 unspecified atom stereocenters. The summed E-state index contributed by atoms with van der Waals surface area (Å²) >= 11 is 1.82. The molecule has 0 aromatic carbocycles. The Hall–Kier alpha value is -0.660. The van der Waals surface area contributed by atoms with Crippen LogP contribution in [-0.4, -0.2) is 48.0 Å². The fourth-order valence-electron chi connectivity index (χ4n) is 1.59. The summed E-state index contributed by atoms with van der Waals surface area (Å²) < 4.78 is 0. The van der Waals surface area contributed by atoms with Crippen molar-refractivity contribution in [3.63, 3.8) is 0 Å². The maximum atomic E-state index is 12.0. The van der Waals surface area contributed by atoms with Gasteiger partial charge in [-0.3, -0.25) is 4.79 Å². The van der Waals surface area contributed by atoms with Crippen LogP contribution in [0.5, 0.6) is 0 Å². The molecular formula is C11H18N2OS. The van der Waals surface area contributed by atoms with Crippen molar-refractivity contribution in [3.8, 4) is 12.3 Å². The van der Waals surface area contributed by atoms with Crippen LogP contribution >= 0.6 is 11.8 Å². The first-order chi connectivity index (χ1) is 7.29. The van der Waals surface area contributed by atoms with E-state index in [2.05, 4.69) is 18.2 Å². The van der Waals surface area contributed by atoms with Crippen molar-refractivity contribution in [1.82, 2.24) is 10.2 Å². The monoisotopic (exact) mass is 226 g/mol. The van der Waals surface area contributed by atoms with E-state index in [4.69, 9.17) is 6.42 Å². The zero-order chi connectivity index (χ0) is 11.1. The third kappa shape index (κ3) is 3.77. The fourth-order valence-corrected chi connectivity index (χ4v) is 2.52. The summed E-state index contributed by atoms with van der Waals surface area (Å²) in [5.74, 6) is 4.65. The number of rotatable bonds is 4. The first-order valence-electron chi connectivity index (χ1n) is 5.33. The largest absolute Gasteiger partial charge is 0.330 e. The molecule has 4 heteroatoms. The van der Waals surface area contributed by atoms with E-state index in [0.717, 1.165) is 31.0 Å². The summed E-state index contributed by atoms with van der Waals surface area (Å²) in [5.41, 5.74) is 0. The summed E-state index contributed by atoms with van der Waals surface area (Å²) in [6.07, 6.45) is 6.21. The van der Waals surface area contributed by atoms with Gasteiger partial charge in [0.15, 0.2) is 0 Å². The third-order valence-corrected chi connectivity index (χ3v) is 3.37. The lowest BCUT2D eigenvalue weighted by atomic mass is 10.2. The van der Waals surface area contributed by atoms with E-state index < -0.39 is 0 Å². The topological polar surface area (TPSA) is 32.3 Å². The van der Waals surface area contributed by atoms with Gasteiger partial charge in [-0.15, -0.1) is 6.42 Å². The summed E-state index contributed by atoms with van der Waals surface area (Å²) in [6, 6.07) is -0.0383. The minimum atomic E-state index is -0.0383. The number of carbonyl (C=O) groups excluding carboxylic acids is 1. The van der Waals surface area contributed by atoms with E-state index in [1.165, 1.54) is 0 Å². The number of amides is 1. The van der Waals surface area contributed by atoms with Gasteiger partial charge in [-0.05, 0) is 6.42 Å². The van der Waals surface area contributed by atoms with Gasteiger partial charge in [0, 0.05) is 24.6 Å². The van der Waals surface area contributed by atoms with Crippen molar-refractivity contribution in [1.29, 1.82) is 0 Å². The molecule has 1 aliphatic heterocycles. The van der Waals surface area contributed by atoms with Crippen molar-refractivity contribution < 1.29 is 4.79 Å². The molecule has 1 heterocycles. The van der Waals surface area contributed by atoms with Crippen LogP contribution in [0.4, 0.5) is 0 Å². The van der Waals surface area contributed by atoms with E-state index in [1.807, 2.05) is 11.8 Å². The van der Waals surface area contributed by atoms with Crippen LogP contribution in [0.2, 0.25) is 0 Å². The number of thioether (sulfide) groups is 1. The molecule has 15 heavy (non-hydrogen) atoms. The first kappa shape index (κ1) is 12.4. The molecule has 3 nitrogen and oxygen atoms in total. The predicted molar refractivity (Wildman–Crippen MR) is 64.8 cm³/mol. The molecule has 1 atom stereocenters. The SMILES string of the molecule is C#CCN(CCC)C(=O)C1CSCCN1. The highest BCUT2D eigenvalue weighted by atomic mass is 32.2. The van der Waals surface area contributed by atoms with Gasteiger partial charge < -0.3 is 10.2 Å². The predicted octanol–water partition coefficient (Wildman–Crippen LogP) is 0.563. The molecule has 0 radical (unpaired) electrons. The molecule has 1 N–H and O–H groups in total. The van der Waals surface area contributed by atoms with Crippen molar-refractivity contribution in [2.75, 3.05) is 31.1 Å². The van der Waals surface area contributed by atoms with Crippen LogP contribution in [0.1, 0.15) is 13.3 Å². The summed E-state index contributed by atoms with van der Waals surface area (Å²) in [7, 11) is 0. The van der Waals surface area contributed by atoms with Crippen LogP contribution in [0.25, 0.3) is 0 Å². The van der Waals surface area contributed by atoms with Gasteiger partial charge in [0.1, 0.15) is 0 Å². The Bertz CT molecular complexity index is 243. The maximum Gasteiger partial charge on any atom is 0.241 e. The normalized spacial score (nSPS) is 20.7. The highest BCUT2D eigenvalue weighted by Crippen LogP contribution is 2.10. The van der Waals surface area contributed by atoms with E-state index in [9.17, 15) is 4.79 Å². The lowest BCUT2D eigenvalue weighted by Gasteiger charge is -2.28. The van der Waals surface area contributed by atoms with Crippen LogP contribution in [0, 0.1) is 12.3 Å². The standard InChI is InChI=1S/C11H18N2OS/c1-3-6-13(7-4-2)11(14)10-9-15-8-5-12-10/h1,10,12H,4-9H2,2H3. The lowest BCUT2D eigenvalue weighted by Crippen LogP contribution is -2.50. The number of carbonyl (C=O) groups is 1. The van der Waals surface area contributed by atoms with Gasteiger partial charge in [0.05, 0.1) is 12.6 Å². The number of terminal acetylenes is 1. The molecule has 1 amide bonds. The van der Waals surface area contributed by atoms with Crippen LogP contribution < -0.4 is 5.32 Å². The highest BCUT2D eigenvalue weighted by Gasteiger charge is 2.24. The third-order valence-electron chi connectivity index (χ3n) is 2.31. The minimum Gasteiger partial charge on any atom is -0.330 e. The maximum absolute atomic E-state index is 12.0. The zero-order valence-electron chi connectivity index (χ0n) is 9.16. The quantitative estimate of drug-likeness (QED) is 0.711. The van der Waals surface area contributed by atoms with Gasteiger partial charge in [0.2, 0.25) is 5.91 Å². The molecule has 84 valence electrons. The second-order valence-electron chi connectivity index (χ2n) is 3.55. The van der Waals surface area contributed by atoms with Crippen molar-refractivity contribution >= 4 is 17.7 Å². The lowest BCUT2D eigenvalue weighted by molar-refractivity contribution is -0.132. The molecule has 1 saturated heterocycles. The van der Waals surface area contributed by atoms with Crippen molar-refractivity contribution in [2.45, 2.75) is 19.4 Å². The Morgan fingerprint density at radius 2 is 2.53 bits per heavy atom. The summed E-state index contributed by atoms with van der Waals surface area (Å²) in [4.78, 5) is 13.8. The fraction of sp³-hybridized carbons (Fsp3) is 0.727. The van der Waals surface area contributed by atoms with E-state index in [-0.39, 0.29) is 11.9 Å².